The molecule has 2 N–H and O–H groups in total. The van der Waals surface area contributed by atoms with Crippen molar-refractivity contribution in [3.05, 3.63) is 108 Å². The number of carboxylic acid groups (broad SMARTS) is 1. The Morgan fingerprint density at radius 3 is 2.37 bits per heavy atom. The van der Waals surface area contributed by atoms with Crippen LogP contribution < -0.4 is 5.32 Å². The molecular weight excluding hydrogens is 516 g/mol. The molecule has 1 aliphatic heterocycles. The van der Waals surface area contributed by atoms with Gasteiger partial charge in [0, 0.05) is 46.1 Å². The lowest BCUT2D eigenvalue weighted by Gasteiger charge is -2.40. The molecule has 41 heavy (non-hydrogen) atoms. The summed E-state index contributed by atoms with van der Waals surface area (Å²) < 4.78 is 7.27. The van der Waals surface area contributed by atoms with Crippen molar-refractivity contribution in [3.63, 3.8) is 0 Å². The first-order chi connectivity index (χ1) is 20.1. The molecule has 0 radical (unpaired) electrons. The molecule has 2 amide bonds. The second kappa shape index (κ2) is 13.2. The molecule has 3 aromatic carbocycles. The van der Waals surface area contributed by atoms with Crippen LogP contribution in [0.5, 0.6) is 0 Å². The number of methoxy groups -OCH3 is 1. The number of nitrogens with zero attached hydrogens (tertiary/aromatic N) is 3. The molecule has 1 aliphatic rings. The van der Waals surface area contributed by atoms with Crippen molar-refractivity contribution in [1.29, 1.82) is 0 Å². The maximum Gasteiger partial charge on any atom is 0.407 e. The third-order valence-corrected chi connectivity index (χ3v) is 7.50. The maximum absolute atomic E-state index is 14.4. The zero-order valence-corrected chi connectivity index (χ0v) is 23.3. The molecule has 0 unspecified atom stereocenters. The van der Waals surface area contributed by atoms with Crippen LogP contribution in [0.15, 0.2) is 97.2 Å². The Balaban J connectivity index is 1.52. The number of para-hydroxylation sites is 2. The molecule has 8 nitrogen and oxygen atoms in total. The van der Waals surface area contributed by atoms with E-state index in [0.29, 0.717) is 25.1 Å². The summed E-state index contributed by atoms with van der Waals surface area (Å²) in [4.78, 5) is 29.5. The van der Waals surface area contributed by atoms with Gasteiger partial charge in [0.25, 0.3) is 5.91 Å². The Labute approximate surface area is 240 Å². The Morgan fingerprint density at radius 1 is 0.927 bits per heavy atom. The van der Waals surface area contributed by atoms with Gasteiger partial charge in [-0.2, -0.15) is 0 Å². The molecule has 0 bridgehead atoms. The Hall–Kier alpha value is -4.56. The molecule has 4 aromatic rings. The van der Waals surface area contributed by atoms with E-state index in [2.05, 4.69) is 9.88 Å². The van der Waals surface area contributed by atoms with Crippen LogP contribution in [0.2, 0.25) is 0 Å². The highest BCUT2D eigenvalue weighted by Crippen LogP contribution is 2.33. The quantitative estimate of drug-likeness (QED) is 0.249. The van der Waals surface area contributed by atoms with E-state index in [1.54, 1.807) is 7.11 Å². The first-order valence-corrected chi connectivity index (χ1v) is 14.0. The summed E-state index contributed by atoms with van der Waals surface area (Å²) in [5, 5.41) is 13.2. The average molecular weight is 553 g/mol. The molecule has 1 aromatic heterocycles. The number of nitrogens with one attached hydrogen (secondary N) is 1. The zero-order chi connectivity index (χ0) is 28.6. The zero-order valence-electron chi connectivity index (χ0n) is 23.3. The standard InChI is InChI=1S/C33H36N4O4/c1-41-22-10-18-34-29-15-8-9-16-30(29)37-19-17-28(31(37)26-13-6-3-7-14-26)32(38)36-21-20-35(33(39)40)24-27(36)23-25-11-4-2-5-12-25/h2-9,11-17,19,27,34H,10,18,20-24H2,1H3,(H,39,40)/t27-/m1/s1. The smallest absolute Gasteiger partial charge is 0.407 e. The van der Waals surface area contributed by atoms with Crippen LogP contribution in [0.25, 0.3) is 16.9 Å². The fourth-order valence-corrected chi connectivity index (χ4v) is 5.48. The first-order valence-electron chi connectivity index (χ1n) is 14.0. The third kappa shape index (κ3) is 6.44. The lowest BCUT2D eigenvalue weighted by atomic mass is 10.00. The summed E-state index contributed by atoms with van der Waals surface area (Å²) in [6.45, 7) is 2.31. The molecule has 2 heterocycles. The second-order valence-electron chi connectivity index (χ2n) is 10.2. The number of hydrogen-bond donors (Lipinski definition) is 2. The minimum atomic E-state index is -0.958. The number of anilines is 1. The molecular formula is C33H36N4O4. The van der Waals surface area contributed by atoms with Gasteiger partial charge in [0.2, 0.25) is 0 Å². The van der Waals surface area contributed by atoms with Gasteiger partial charge >= 0.3 is 6.09 Å². The number of hydrogen-bond acceptors (Lipinski definition) is 4. The predicted molar refractivity (Wildman–Crippen MR) is 161 cm³/mol. The topological polar surface area (TPSA) is 87.0 Å². The number of ether oxygens (including phenoxy) is 1. The van der Waals surface area contributed by atoms with Crippen molar-refractivity contribution < 1.29 is 19.4 Å². The van der Waals surface area contributed by atoms with Gasteiger partial charge in [-0.05, 0) is 42.2 Å². The Morgan fingerprint density at radius 2 is 1.63 bits per heavy atom. The number of amides is 2. The summed E-state index contributed by atoms with van der Waals surface area (Å²) in [6.07, 6.45) is 2.44. The lowest BCUT2D eigenvalue weighted by molar-refractivity contribution is 0.0451. The van der Waals surface area contributed by atoms with Crippen LogP contribution in [-0.2, 0) is 11.2 Å². The minimum absolute atomic E-state index is 0.0980. The molecule has 0 spiro atoms. The fourth-order valence-electron chi connectivity index (χ4n) is 5.48. The third-order valence-electron chi connectivity index (χ3n) is 7.50. The summed E-state index contributed by atoms with van der Waals surface area (Å²) >= 11 is 0. The summed E-state index contributed by atoms with van der Waals surface area (Å²) in [5.41, 5.74) is 5.30. The summed E-state index contributed by atoms with van der Waals surface area (Å²) in [7, 11) is 1.70. The average Bonchev–Trinajstić information content (AvgIpc) is 3.45. The monoisotopic (exact) mass is 552 g/mol. The van der Waals surface area contributed by atoms with Gasteiger partial charge in [0.1, 0.15) is 0 Å². The van der Waals surface area contributed by atoms with Crippen LogP contribution in [-0.4, -0.2) is 77.4 Å². The molecule has 212 valence electrons. The van der Waals surface area contributed by atoms with E-state index in [9.17, 15) is 14.7 Å². The molecule has 1 saturated heterocycles. The van der Waals surface area contributed by atoms with Gasteiger partial charge in [-0.1, -0.05) is 72.8 Å². The van der Waals surface area contributed by atoms with Gasteiger partial charge in [-0.3, -0.25) is 4.79 Å². The van der Waals surface area contributed by atoms with Gasteiger partial charge in [0.05, 0.1) is 28.7 Å². The van der Waals surface area contributed by atoms with Crippen molar-refractivity contribution in [3.8, 4) is 16.9 Å². The van der Waals surface area contributed by atoms with Gasteiger partial charge in [-0.15, -0.1) is 0 Å². The SMILES string of the molecule is COCCCNc1ccccc1-n1ccc(C(=O)N2CCN(C(=O)O)C[C@H]2Cc2ccccc2)c1-c1ccccc1. The van der Waals surface area contributed by atoms with Crippen LogP contribution in [0.3, 0.4) is 0 Å². The highest BCUT2D eigenvalue weighted by molar-refractivity contribution is 6.01. The van der Waals surface area contributed by atoms with Gasteiger partial charge in [-0.25, -0.2) is 4.79 Å². The van der Waals surface area contributed by atoms with Crippen molar-refractivity contribution in [1.82, 2.24) is 14.4 Å². The van der Waals surface area contributed by atoms with E-state index >= 15 is 0 Å². The lowest BCUT2D eigenvalue weighted by Crippen LogP contribution is -2.57. The Bertz CT molecular complexity index is 1450. The number of aromatic nitrogens is 1. The highest BCUT2D eigenvalue weighted by Gasteiger charge is 2.34. The molecule has 0 aliphatic carbocycles. The summed E-state index contributed by atoms with van der Waals surface area (Å²) in [5.74, 6) is -0.0980. The van der Waals surface area contributed by atoms with Crippen LogP contribution in [0, 0.1) is 0 Å². The Kier molecular flexibility index (Phi) is 9.01. The van der Waals surface area contributed by atoms with Crippen molar-refractivity contribution in [2.24, 2.45) is 0 Å². The molecule has 1 atom stereocenters. The largest absolute Gasteiger partial charge is 0.465 e. The normalized spacial score (nSPS) is 15.1. The van der Waals surface area contributed by atoms with Crippen molar-refractivity contribution in [2.45, 2.75) is 18.9 Å². The highest BCUT2D eigenvalue weighted by atomic mass is 16.5. The molecule has 5 rings (SSSR count). The van der Waals surface area contributed by atoms with Crippen molar-refractivity contribution in [2.75, 3.05) is 45.2 Å². The van der Waals surface area contributed by atoms with Crippen LogP contribution in [0.4, 0.5) is 10.5 Å². The van der Waals surface area contributed by atoms with E-state index in [4.69, 9.17) is 4.74 Å². The number of carbonyl (C=O) groups is 2. The van der Waals surface area contributed by atoms with E-state index in [1.807, 2.05) is 102 Å². The van der Waals surface area contributed by atoms with E-state index in [-0.39, 0.29) is 25.0 Å². The van der Waals surface area contributed by atoms with Gasteiger partial charge < -0.3 is 29.5 Å². The molecule has 1 fully saturated rings. The number of benzene rings is 3. The fraction of sp³-hybridized carbons (Fsp3) is 0.273. The first kappa shape index (κ1) is 28.0. The number of rotatable bonds is 10. The predicted octanol–water partition coefficient (Wildman–Crippen LogP) is 5.64. The second-order valence-corrected chi connectivity index (χ2v) is 10.2. The van der Waals surface area contributed by atoms with Gasteiger partial charge in [0.15, 0.2) is 0 Å². The van der Waals surface area contributed by atoms with E-state index in [1.165, 1.54) is 4.90 Å². The van der Waals surface area contributed by atoms with Crippen LogP contribution in [0.1, 0.15) is 22.3 Å². The maximum atomic E-state index is 14.4. The molecule has 0 saturated carbocycles. The molecule has 8 heteroatoms. The minimum Gasteiger partial charge on any atom is -0.465 e. The summed E-state index contributed by atoms with van der Waals surface area (Å²) in [6, 6.07) is 29.5. The number of piperazine rings is 1. The van der Waals surface area contributed by atoms with E-state index in [0.717, 1.165) is 41.2 Å². The van der Waals surface area contributed by atoms with Crippen LogP contribution >= 0.6 is 0 Å². The number of carbonyl (C=O) groups excluding carboxylic acids is 1. The van der Waals surface area contributed by atoms with E-state index < -0.39 is 6.09 Å². The van der Waals surface area contributed by atoms with Crippen molar-refractivity contribution >= 4 is 17.7 Å².